The van der Waals surface area contributed by atoms with Crippen molar-refractivity contribution >= 4 is 33.4 Å². The Balaban J connectivity index is 2.05. The molecule has 0 saturated heterocycles. The van der Waals surface area contributed by atoms with Gasteiger partial charge in [0.1, 0.15) is 5.03 Å². The van der Waals surface area contributed by atoms with Gasteiger partial charge >= 0.3 is 0 Å². The van der Waals surface area contributed by atoms with E-state index < -0.39 is 0 Å². The fourth-order valence-corrected chi connectivity index (χ4v) is 2.65. The minimum atomic E-state index is 0.755. The molecule has 3 N–H and O–H groups in total. The fraction of sp³-hybridized carbons (Fsp3) is 0.0909. The summed E-state index contributed by atoms with van der Waals surface area (Å²) in [5, 5.41) is 0.959. The molecule has 0 saturated carbocycles. The highest BCUT2D eigenvalue weighted by Gasteiger charge is 2.03. The molecule has 0 fully saturated rings. The molecular formula is C11H11BrN4S. The molecule has 6 heteroatoms. The van der Waals surface area contributed by atoms with Gasteiger partial charge in [0, 0.05) is 22.6 Å². The smallest absolute Gasteiger partial charge is 0.111 e. The van der Waals surface area contributed by atoms with Crippen molar-refractivity contribution in [1.82, 2.24) is 9.97 Å². The summed E-state index contributed by atoms with van der Waals surface area (Å²) in [4.78, 5) is 8.56. The van der Waals surface area contributed by atoms with E-state index in [0.717, 1.165) is 26.6 Å². The third-order valence-corrected chi connectivity index (χ3v) is 4.01. The van der Waals surface area contributed by atoms with E-state index in [0.29, 0.717) is 0 Å². The van der Waals surface area contributed by atoms with Gasteiger partial charge in [0.2, 0.25) is 0 Å². The molecule has 0 aliphatic carbocycles. The number of hydrogen-bond acceptors (Lipinski definition) is 5. The van der Waals surface area contributed by atoms with E-state index in [4.69, 9.17) is 5.84 Å². The van der Waals surface area contributed by atoms with E-state index >= 15 is 0 Å². The van der Waals surface area contributed by atoms with Crippen LogP contribution >= 0.6 is 27.7 Å². The van der Waals surface area contributed by atoms with Crippen LogP contribution in [0.5, 0.6) is 0 Å². The minimum Gasteiger partial charge on any atom is -0.324 e. The second-order valence-electron chi connectivity index (χ2n) is 3.26. The molecule has 0 atom stereocenters. The summed E-state index contributed by atoms with van der Waals surface area (Å²) in [6.45, 7) is 0. The molecule has 2 aromatic rings. The second kappa shape index (κ2) is 6.00. The number of pyridine rings is 2. The summed E-state index contributed by atoms with van der Waals surface area (Å²) in [6.07, 6.45) is 3.51. The first kappa shape index (κ1) is 12.3. The molecule has 0 radical (unpaired) electrons. The maximum atomic E-state index is 5.35. The summed E-state index contributed by atoms with van der Waals surface area (Å²) in [6, 6.07) is 7.61. The van der Waals surface area contributed by atoms with Gasteiger partial charge in [-0.15, -0.1) is 0 Å². The predicted octanol–water partition coefficient (Wildman–Crippen LogP) is 2.82. The lowest BCUT2D eigenvalue weighted by atomic mass is 10.3. The molecule has 17 heavy (non-hydrogen) atoms. The monoisotopic (exact) mass is 310 g/mol. The van der Waals surface area contributed by atoms with Crippen molar-refractivity contribution in [2.45, 2.75) is 10.8 Å². The van der Waals surface area contributed by atoms with Gasteiger partial charge in [-0.25, -0.2) is 4.98 Å². The van der Waals surface area contributed by atoms with E-state index in [1.54, 1.807) is 24.2 Å². The predicted molar refractivity (Wildman–Crippen MR) is 73.5 cm³/mol. The Hall–Kier alpha value is -1.11. The van der Waals surface area contributed by atoms with Crippen LogP contribution in [0.3, 0.4) is 0 Å². The van der Waals surface area contributed by atoms with Gasteiger partial charge in [0.25, 0.3) is 0 Å². The number of nitrogens with one attached hydrogen (secondary N) is 1. The van der Waals surface area contributed by atoms with Crippen molar-refractivity contribution in [3.63, 3.8) is 0 Å². The molecule has 2 heterocycles. The van der Waals surface area contributed by atoms with Crippen molar-refractivity contribution in [3.05, 3.63) is 46.8 Å². The van der Waals surface area contributed by atoms with E-state index in [1.165, 1.54) is 0 Å². The third-order valence-electron chi connectivity index (χ3n) is 2.06. The largest absolute Gasteiger partial charge is 0.324 e. The SMILES string of the molecule is NNc1ccnc(CSc2ncccc2Br)c1. The van der Waals surface area contributed by atoms with Gasteiger partial charge < -0.3 is 5.43 Å². The number of nitrogen functional groups attached to an aromatic ring is 1. The quantitative estimate of drug-likeness (QED) is 0.516. The highest BCUT2D eigenvalue weighted by molar-refractivity contribution is 9.10. The first-order chi connectivity index (χ1) is 8.29. The van der Waals surface area contributed by atoms with Crippen LogP contribution in [0.15, 0.2) is 46.2 Å². The zero-order chi connectivity index (χ0) is 12.1. The molecule has 0 amide bonds. The Morgan fingerprint density at radius 1 is 1.29 bits per heavy atom. The van der Waals surface area contributed by atoms with Crippen LogP contribution in [0, 0.1) is 0 Å². The topological polar surface area (TPSA) is 63.8 Å². The summed E-state index contributed by atoms with van der Waals surface area (Å²) in [5.41, 5.74) is 4.42. The maximum absolute atomic E-state index is 5.35. The van der Waals surface area contributed by atoms with Crippen LogP contribution < -0.4 is 11.3 Å². The Labute approximate surface area is 112 Å². The fourth-order valence-electron chi connectivity index (χ4n) is 1.27. The van der Waals surface area contributed by atoms with Crippen molar-refractivity contribution in [2.75, 3.05) is 5.43 Å². The average Bonchev–Trinajstić information content (AvgIpc) is 2.38. The summed E-state index contributed by atoms with van der Waals surface area (Å²) >= 11 is 5.09. The highest BCUT2D eigenvalue weighted by atomic mass is 79.9. The standard InChI is InChI=1S/C11H11BrN4S/c12-10-2-1-4-15-11(10)17-7-9-6-8(16-13)3-5-14-9/h1-6H,7,13H2,(H,14,16). The van der Waals surface area contributed by atoms with Crippen LogP contribution in [0.2, 0.25) is 0 Å². The number of thioether (sulfide) groups is 1. The third kappa shape index (κ3) is 3.42. The van der Waals surface area contributed by atoms with Crippen LogP contribution in [-0.2, 0) is 5.75 Å². The van der Waals surface area contributed by atoms with Crippen LogP contribution in [0.4, 0.5) is 5.69 Å². The van der Waals surface area contributed by atoms with Gasteiger partial charge in [-0.3, -0.25) is 10.8 Å². The minimum absolute atomic E-state index is 0.755. The average molecular weight is 311 g/mol. The van der Waals surface area contributed by atoms with Crippen molar-refractivity contribution in [2.24, 2.45) is 5.84 Å². The summed E-state index contributed by atoms with van der Waals surface area (Å²) in [5.74, 6) is 6.10. The zero-order valence-corrected chi connectivity index (χ0v) is 11.3. The molecule has 0 bridgehead atoms. The van der Waals surface area contributed by atoms with E-state index in [2.05, 4.69) is 31.3 Å². The van der Waals surface area contributed by atoms with E-state index in [-0.39, 0.29) is 0 Å². The number of nitrogens with two attached hydrogens (primary N) is 1. The first-order valence-electron chi connectivity index (χ1n) is 4.94. The van der Waals surface area contributed by atoms with Gasteiger partial charge in [-0.05, 0) is 40.2 Å². The Morgan fingerprint density at radius 2 is 2.18 bits per heavy atom. The number of rotatable bonds is 4. The number of hydrogen-bond donors (Lipinski definition) is 2. The van der Waals surface area contributed by atoms with Crippen molar-refractivity contribution in [1.29, 1.82) is 0 Å². The lowest BCUT2D eigenvalue weighted by Gasteiger charge is -2.04. The first-order valence-corrected chi connectivity index (χ1v) is 6.72. The van der Waals surface area contributed by atoms with Crippen molar-refractivity contribution in [3.8, 4) is 0 Å². The van der Waals surface area contributed by atoms with E-state index in [1.807, 2.05) is 24.3 Å². The number of hydrazine groups is 1. The molecule has 0 aromatic carbocycles. The Kier molecular flexibility index (Phi) is 4.36. The Bertz CT molecular complexity index is 506. The number of anilines is 1. The molecule has 2 aromatic heterocycles. The second-order valence-corrected chi connectivity index (χ2v) is 5.08. The summed E-state index contributed by atoms with van der Waals surface area (Å²) < 4.78 is 0.998. The molecule has 2 rings (SSSR count). The molecule has 0 unspecified atom stereocenters. The van der Waals surface area contributed by atoms with Gasteiger partial charge in [0.05, 0.1) is 11.4 Å². The van der Waals surface area contributed by atoms with Gasteiger partial charge in [0.15, 0.2) is 0 Å². The molecule has 4 nitrogen and oxygen atoms in total. The van der Waals surface area contributed by atoms with E-state index in [9.17, 15) is 0 Å². The molecule has 0 aliphatic rings. The molecule has 0 aliphatic heterocycles. The van der Waals surface area contributed by atoms with Crippen LogP contribution in [0.25, 0.3) is 0 Å². The molecule has 0 spiro atoms. The van der Waals surface area contributed by atoms with Gasteiger partial charge in [-0.1, -0.05) is 11.8 Å². The Morgan fingerprint density at radius 3 is 2.94 bits per heavy atom. The van der Waals surface area contributed by atoms with Crippen LogP contribution in [0.1, 0.15) is 5.69 Å². The lowest BCUT2D eigenvalue weighted by molar-refractivity contribution is 1.10. The molecular weight excluding hydrogens is 300 g/mol. The molecule has 88 valence electrons. The lowest BCUT2D eigenvalue weighted by Crippen LogP contribution is -2.07. The number of nitrogens with zero attached hydrogens (tertiary/aromatic N) is 2. The maximum Gasteiger partial charge on any atom is 0.111 e. The van der Waals surface area contributed by atoms with Gasteiger partial charge in [-0.2, -0.15) is 0 Å². The normalized spacial score (nSPS) is 10.2. The number of aromatic nitrogens is 2. The summed E-state index contributed by atoms with van der Waals surface area (Å²) in [7, 11) is 0. The number of halogens is 1. The van der Waals surface area contributed by atoms with Crippen LogP contribution in [-0.4, -0.2) is 9.97 Å². The highest BCUT2D eigenvalue weighted by Crippen LogP contribution is 2.27. The zero-order valence-electron chi connectivity index (χ0n) is 8.93. The van der Waals surface area contributed by atoms with Crippen molar-refractivity contribution < 1.29 is 0 Å².